The minimum atomic E-state index is -0.565. The maximum absolute atomic E-state index is 12.5. The van der Waals surface area contributed by atoms with E-state index < -0.39 is 17.0 Å². The van der Waals surface area contributed by atoms with Gasteiger partial charge in [0.2, 0.25) is 5.78 Å². The first-order chi connectivity index (χ1) is 11.3. The van der Waals surface area contributed by atoms with Crippen molar-refractivity contribution >= 4 is 17.5 Å². The molecule has 1 saturated carbocycles. The maximum Gasteiger partial charge on any atom is 0.311 e. The number of carbonyl (C=O) groups excluding carboxylic acids is 3. The number of ketones is 2. The molecule has 0 N–H and O–H groups in total. The minimum absolute atomic E-state index is 0.0836. The lowest BCUT2D eigenvalue weighted by molar-refractivity contribution is -0.163. The second-order valence-electron chi connectivity index (χ2n) is 7.53. The molecule has 0 aromatic heterocycles. The third kappa shape index (κ3) is 2.10. The average Bonchev–Trinajstić information content (AvgIpc) is 2.57. The van der Waals surface area contributed by atoms with Gasteiger partial charge in [-0.05, 0) is 55.6 Å². The van der Waals surface area contributed by atoms with E-state index in [1.807, 2.05) is 6.92 Å². The van der Waals surface area contributed by atoms with Crippen LogP contribution < -0.4 is 0 Å². The van der Waals surface area contributed by atoms with Gasteiger partial charge in [-0.25, -0.2) is 0 Å². The summed E-state index contributed by atoms with van der Waals surface area (Å²) in [6, 6.07) is 0. The van der Waals surface area contributed by atoms with Crippen LogP contribution in [-0.2, 0) is 23.9 Å². The third-order valence-electron chi connectivity index (χ3n) is 6.40. The number of ether oxygens (including phenoxy) is 2. The quantitative estimate of drug-likeness (QED) is 0.442. The molecule has 0 unspecified atom stereocenters. The molecular weight excluding hydrogens is 308 g/mol. The van der Waals surface area contributed by atoms with Gasteiger partial charge in [0.1, 0.15) is 0 Å². The number of hydrogen-bond donors (Lipinski definition) is 0. The second-order valence-corrected chi connectivity index (χ2v) is 7.53. The number of methoxy groups -OCH3 is 2. The van der Waals surface area contributed by atoms with E-state index >= 15 is 0 Å². The van der Waals surface area contributed by atoms with Crippen LogP contribution in [0.4, 0.5) is 0 Å². The first-order valence-electron chi connectivity index (χ1n) is 8.46. The molecule has 3 aliphatic rings. The predicted molar refractivity (Wildman–Crippen MR) is 86.9 cm³/mol. The van der Waals surface area contributed by atoms with E-state index in [-0.39, 0.29) is 23.1 Å². The number of fused-ring (bicyclic) bond motifs is 2. The highest BCUT2D eigenvalue weighted by Gasteiger charge is 2.57. The molecule has 3 aliphatic carbocycles. The van der Waals surface area contributed by atoms with Crippen LogP contribution >= 0.6 is 0 Å². The molecule has 0 bridgehead atoms. The van der Waals surface area contributed by atoms with E-state index in [2.05, 4.69) is 6.92 Å². The minimum Gasteiger partial charge on any atom is -0.492 e. The van der Waals surface area contributed by atoms with Crippen LogP contribution in [0.5, 0.6) is 0 Å². The topological polar surface area (TPSA) is 69.7 Å². The zero-order valence-electron chi connectivity index (χ0n) is 14.7. The lowest BCUT2D eigenvalue weighted by Crippen LogP contribution is -2.51. The highest BCUT2D eigenvalue weighted by molar-refractivity contribution is 6.49. The van der Waals surface area contributed by atoms with Gasteiger partial charge < -0.3 is 9.47 Å². The van der Waals surface area contributed by atoms with Crippen molar-refractivity contribution in [1.29, 1.82) is 0 Å². The second kappa shape index (κ2) is 5.57. The summed E-state index contributed by atoms with van der Waals surface area (Å²) in [5.74, 6) is -1.01. The fourth-order valence-corrected chi connectivity index (χ4v) is 5.16. The van der Waals surface area contributed by atoms with Crippen LogP contribution in [0.3, 0.4) is 0 Å². The van der Waals surface area contributed by atoms with Crippen LogP contribution in [0.2, 0.25) is 0 Å². The van der Waals surface area contributed by atoms with E-state index in [9.17, 15) is 14.4 Å². The summed E-state index contributed by atoms with van der Waals surface area (Å²) in [5, 5.41) is 0. The van der Waals surface area contributed by atoms with Crippen molar-refractivity contribution in [2.24, 2.45) is 16.7 Å². The summed E-state index contributed by atoms with van der Waals surface area (Å²) in [4.78, 5) is 37.1. The first-order valence-corrected chi connectivity index (χ1v) is 8.46. The molecular formula is C19H24O5. The molecule has 3 atom stereocenters. The maximum atomic E-state index is 12.5. The van der Waals surface area contributed by atoms with Crippen molar-refractivity contribution in [3.05, 3.63) is 23.0 Å². The van der Waals surface area contributed by atoms with E-state index in [4.69, 9.17) is 9.47 Å². The number of esters is 1. The van der Waals surface area contributed by atoms with Crippen LogP contribution in [0, 0.1) is 16.7 Å². The van der Waals surface area contributed by atoms with Gasteiger partial charge in [-0.1, -0.05) is 13.3 Å². The van der Waals surface area contributed by atoms with Crippen LogP contribution in [-0.4, -0.2) is 31.8 Å². The molecule has 0 amide bonds. The molecule has 130 valence electrons. The monoisotopic (exact) mass is 332 g/mol. The van der Waals surface area contributed by atoms with Gasteiger partial charge in [0.15, 0.2) is 5.76 Å². The Labute approximate surface area is 142 Å². The van der Waals surface area contributed by atoms with Crippen molar-refractivity contribution in [1.82, 2.24) is 0 Å². The summed E-state index contributed by atoms with van der Waals surface area (Å²) >= 11 is 0. The van der Waals surface area contributed by atoms with Crippen LogP contribution in [0.25, 0.3) is 0 Å². The van der Waals surface area contributed by atoms with E-state index in [1.54, 1.807) is 6.08 Å². The van der Waals surface area contributed by atoms with E-state index in [0.717, 1.165) is 31.3 Å². The van der Waals surface area contributed by atoms with Crippen molar-refractivity contribution in [3.63, 3.8) is 0 Å². The van der Waals surface area contributed by atoms with Crippen molar-refractivity contribution < 1.29 is 23.9 Å². The van der Waals surface area contributed by atoms with Gasteiger partial charge in [0.25, 0.3) is 5.78 Å². The van der Waals surface area contributed by atoms with Crippen LogP contribution in [0.1, 0.15) is 46.0 Å². The molecule has 0 aromatic rings. The molecule has 24 heavy (non-hydrogen) atoms. The van der Waals surface area contributed by atoms with Crippen LogP contribution in [0.15, 0.2) is 23.0 Å². The van der Waals surface area contributed by atoms with Crippen molar-refractivity contribution in [2.75, 3.05) is 14.2 Å². The van der Waals surface area contributed by atoms with Gasteiger partial charge in [-0.2, -0.15) is 0 Å². The summed E-state index contributed by atoms with van der Waals surface area (Å²) in [7, 11) is 2.84. The fourth-order valence-electron chi connectivity index (χ4n) is 5.16. The standard InChI is InChI=1S/C19H24O5/c1-18-8-5-9-19(2,17(22)24-4)14(18)7-6-11-12(18)10-13(23-3)16(21)15(11)20/h10,14H,5-9H2,1-4H3/t14-,18-,19+/m1/s1. The highest BCUT2D eigenvalue weighted by Crippen LogP contribution is 2.61. The highest BCUT2D eigenvalue weighted by atomic mass is 16.5. The predicted octanol–water partition coefficient (Wildman–Crippen LogP) is 2.74. The summed E-state index contributed by atoms with van der Waals surface area (Å²) in [6.45, 7) is 4.09. The average molecular weight is 332 g/mol. The molecule has 0 saturated heterocycles. The fraction of sp³-hybridized carbons (Fsp3) is 0.632. The molecule has 5 heteroatoms. The third-order valence-corrected chi connectivity index (χ3v) is 6.40. The number of rotatable bonds is 2. The Balaban J connectivity index is 2.13. The SMILES string of the molecule is COC(=O)[C@@]1(C)CCC[C@]2(C)C3=C(CC[C@@H]12)C(=O)C(=O)C(OC)=C3. The Morgan fingerprint density at radius 3 is 2.50 bits per heavy atom. The lowest BCUT2D eigenvalue weighted by Gasteiger charge is -2.54. The first kappa shape index (κ1) is 16.9. The summed E-state index contributed by atoms with van der Waals surface area (Å²) in [5.41, 5.74) is 0.601. The number of carbonyl (C=O) groups is 3. The van der Waals surface area contributed by atoms with Gasteiger partial charge in [0, 0.05) is 5.57 Å². The molecule has 0 aliphatic heterocycles. The number of hydrogen-bond acceptors (Lipinski definition) is 5. The van der Waals surface area contributed by atoms with Gasteiger partial charge in [0.05, 0.1) is 19.6 Å². The molecule has 0 heterocycles. The van der Waals surface area contributed by atoms with E-state index in [0.29, 0.717) is 12.0 Å². The molecule has 0 spiro atoms. The lowest BCUT2D eigenvalue weighted by atomic mass is 9.49. The molecule has 0 aromatic carbocycles. The van der Waals surface area contributed by atoms with Crippen molar-refractivity contribution in [3.8, 4) is 0 Å². The molecule has 3 rings (SSSR count). The van der Waals surface area contributed by atoms with Crippen molar-refractivity contribution in [2.45, 2.75) is 46.0 Å². The largest absolute Gasteiger partial charge is 0.492 e. The Hall–Kier alpha value is -1.91. The molecule has 1 fully saturated rings. The Morgan fingerprint density at radius 1 is 1.17 bits per heavy atom. The van der Waals surface area contributed by atoms with Gasteiger partial charge in [-0.3, -0.25) is 14.4 Å². The zero-order chi connectivity index (χ0) is 17.7. The Kier molecular flexibility index (Phi) is 3.93. The smallest absolute Gasteiger partial charge is 0.311 e. The normalized spacial score (nSPS) is 35.8. The zero-order valence-corrected chi connectivity index (χ0v) is 14.7. The number of allylic oxidation sites excluding steroid dienone is 4. The number of Topliss-reactive ketones (excluding diaryl/α,β-unsaturated/α-hetero) is 2. The Bertz CT molecular complexity index is 686. The molecule has 0 radical (unpaired) electrons. The summed E-state index contributed by atoms with van der Waals surface area (Å²) < 4.78 is 10.2. The summed E-state index contributed by atoms with van der Waals surface area (Å²) in [6.07, 6.45) is 5.53. The Morgan fingerprint density at radius 2 is 1.88 bits per heavy atom. The molecule has 5 nitrogen and oxygen atoms in total. The van der Waals surface area contributed by atoms with Gasteiger partial charge in [-0.15, -0.1) is 0 Å². The van der Waals surface area contributed by atoms with E-state index in [1.165, 1.54) is 14.2 Å². The van der Waals surface area contributed by atoms with Gasteiger partial charge >= 0.3 is 5.97 Å².